The topological polar surface area (TPSA) is 136 Å². The summed E-state index contributed by atoms with van der Waals surface area (Å²) in [6.07, 6.45) is 0.349. The first-order valence-corrected chi connectivity index (χ1v) is 7.62. The molecule has 8 nitrogen and oxygen atoms in total. The zero-order valence-corrected chi connectivity index (χ0v) is 11.1. The Balaban J connectivity index is 1.99. The second-order valence-corrected chi connectivity index (χ2v) is 6.79. The first-order valence-electron chi connectivity index (χ1n) is 5.80. The van der Waals surface area contributed by atoms with E-state index in [9.17, 15) is 23.4 Å². The Bertz CT molecular complexity index is 619. The highest BCUT2D eigenvalue weighted by Gasteiger charge is 2.28. The van der Waals surface area contributed by atoms with Crippen molar-refractivity contribution < 1.29 is 28.5 Å². The molecule has 1 unspecified atom stereocenters. The molecule has 1 fully saturated rings. The van der Waals surface area contributed by atoms with Crippen molar-refractivity contribution in [2.75, 3.05) is 16.8 Å². The van der Waals surface area contributed by atoms with E-state index < -0.39 is 39.2 Å². The summed E-state index contributed by atoms with van der Waals surface area (Å²) in [6, 6.07) is 0.996. The Morgan fingerprint density at radius 1 is 1.20 bits per heavy atom. The van der Waals surface area contributed by atoms with Gasteiger partial charge in [-0.25, -0.2) is 13.2 Å². The van der Waals surface area contributed by atoms with Crippen molar-refractivity contribution >= 4 is 21.6 Å². The number of amides is 2. The molecular weight excluding hydrogens is 288 g/mol. The van der Waals surface area contributed by atoms with Gasteiger partial charge in [0.15, 0.2) is 27.1 Å². The van der Waals surface area contributed by atoms with E-state index in [2.05, 4.69) is 10.6 Å². The van der Waals surface area contributed by atoms with Crippen molar-refractivity contribution in [1.29, 1.82) is 0 Å². The number of aromatic hydroxyl groups is 3. The van der Waals surface area contributed by atoms with Crippen LogP contribution in [0.4, 0.5) is 10.5 Å². The molecular formula is C11H14N2O6S. The van der Waals surface area contributed by atoms with Gasteiger partial charge in [0.05, 0.1) is 17.2 Å². The zero-order valence-electron chi connectivity index (χ0n) is 10.3. The van der Waals surface area contributed by atoms with Gasteiger partial charge < -0.3 is 26.0 Å². The average Bonchev–Trinajstić information content (AvgIpc) is 2.65. The zero-order chi connectivity index (χ0) is 14.9. The van der Waals surface area contributed by atoms with Crippen molar-refractivity contribution in [3.8, 4) is 17.2 Å². The summed E-state index contributed by atoms with van der Waals surface area (Å²) in [6.45, 7) is 0. The number of anilines is 1. The molecule has 1 aliphatic rings. The fraction of sp³-hybridized carbons (Fsp3) is 0.364. The molecule has 1 aromatic rings. The quantitative estimate of drug-likeness (QED) is 0.388. The maximum atomic E-state index is 11.6. The van der Waals surface area contributed by atoms with Gasteiger partial charge in [0.2, 0.25) is 0 Å². The monoisotopic (exact) mass is 302 g/mol. The molecule has 0 aromatic heterocycles. The molecule has 1 heterocycles. The van der Waals surface area contributed by atoms with Crippen LogP contribution in [-0.2, 0) is 9.84 Å². The van der Waals surface area contributed by atoms with E-state index in [1.54, 1.807) is 0 Å². The molecule has 0 radical (unpaired) electrons. The normalized spacial score (nSPS) is 20.5. The van der Waals surface area contributed by atoms with E-state index in [0.29, 0.717) is 6.42 Å². The molecule has 1 aliphatic heterocycles. The Kier molecular flexibility index (Phi) is 3.62. The van der Waals surface area contributed by atoms with Gasteiger partial charge in [0.1, 0.15) is 0 Å². The molecule has 2 amide bonds. The van der Waals surface area contributed by atoms with Crippen LogP contribution in [0.15, 0.2) is 12.1 Å². The minimum absolute atomic E-state index is 0.0404. The minimum Gasteiger partial charge on any atom is -0.504 e. The lowest BCUT2D eigenvalue weighted by Gasteiger charge is -2.12. The van der Waals surface area contributed by atoms with Crippen LogP contribution in [0.2, 0.25) is 0 Å². The summed E-state index contributed by atoms with van der Waals surface area (Å²) < 4.78 is 22.5. The number of sulfone groups is 1. The van der Waals surface area contributed by atoms with Gasteiger partial charge in [-0.3, -0.25) is 0 Å². The second-order valence-electron chi connectivity index (χ2n) is 4.56. The number of phenolic OH excluding ortho intramolecular Hbond substituents is 3. The summed E-state index contributed by atoms with van der Waals surface area (Å²) >= 11 is 0. The highest BCUT2D eigenvalue weighted by molar-refractivity contribution is 7.91. The molecule has 0 spiro atoms. The lowest BCUT2D eigenvalue weighted by molar-refractivity contribution is 0.249. The minimum atomic E-state index is -3.09. The van der Waals surface area contributed by atoms with Crippen molar-refractivity contribution in [1.82, 2.24) is 5.32 Å². The van der Waals surface area contributed by atoms with Gasteiger partial charge in [-0.2, -0.15) is 0 Å². The molecule has 1 aromatic carbocycles. The van der Waals surface area contributed by atoms with E-state index in [4.69, 9.17) is 5.11 Å². The van der Waals surface area contributed by atoms with E-state index in [0.717, 1.165) is 12.1 Å². The van der Waals surface area contributed by atoms with E-state index in [1.807, 2.05) is 0 Å². The van der Waals surface area contributed by atoms with Crippen LogP contribution in [0, 0.1) is 0 Å². The number of nitrogens with one attached hydrogen (secondary N) is 2. The first kappa shape index (κ1) is 14.3. The number of carbonyl (C=O) groups excluding carboxylic acids is 1. The number of urea groups is 1. The SMILES string of the molecule is O=C(Nc1cc(O)c(O)c(O)c1)NC1CCS(=O)(=O)C1. The summed E-state index contributed by atoms with van der Waals surface area (Å²) in [7, 11) is -3.09. The number of rotatable bonds is 2. The molecule has 9 heteroatoms. The van der Waals surface area contributed by atoms with Gasteiger partial charge in [0, 0.05) is 18.2 Å². The summed E-state index contributed by atoms with van der Waals surface area (Å²) in [5.41, 5.74) is 0.0659. The van der Waals surface area contributed by atoms with Crippen LogP contribution in [0.1, 0.15) is 6.42 Å². The maximum Gasteiger partial charge on any atom is 0.319 e. The van der Waals surface area contributed by atoms with Crippen molar-refractivity contribution in [3.05, 3.63) is 12.1 Å². The third-order valence-corrected chi connectivity index (χ3v) is 4.66. The number of phenols is 3. The molecule has 5 N–H and O–H groups in total. The van der Waals surface area contributed by atoms with Crippen LogP contribution >= 0.6 is 0 Å². The molecule has 0 aliphatic carbocycles. The number of hydrogen-bond donors (Lipinski definition) is 5. The van der Waals surface area contributed by atoms with Crippen LogP contribution in [0.3, 0.4) is 0 Å². The van der Waals surface area contributed by atoms with Crippen LogP contribution < -0.4 is 10.6 Å². The van der Waals surface area contributed by atoms with E-state index >= 15 is 0 Å². The lowest BCUT2D eigenvalue weighted by Crippen LogP contribution is -2.38. The standard InChI is InChI=1S/C11H14N2O6S/c14-8-3-7(4-9(15)10(8)16)13-11(17)12-6-1-2-20(18,19)5-6/h3-4,6,14-16H,1-2,5H2,(H2,12,13,17). The maximum absolute atomic E-state index is 11.6. The fourth-order valence-corrected chi connectivity index (χ4v) is 3.61. The molecule has 20 heavy (non-hydrogen) atoms. The van der Waals surface area contributed by atoms with Crippen molar-refractivity contribution in [3.63, 3.8) is 0 Å². The third kappa shape index (κ3) is 3.23. The van der Waals surface area contributed by atoms with Gasteiger partial charge in [-0.05, 0) is 6.42 Å². The van der Waals surface area contributed by atoms with Crippen molar-refractivity contribution in [2.45, 2.75) is 12.5 Å². The molecule has 0 saturated carbocycles. The predicted molar refractivity (Wildman–Crippen MR) is 70.6 cm³/mol. The van der Waals surface area contributed by atoms with Gasteiger partial charge in [-0.15, -0.1) is 0 Å². The largest absolute Gasteiger partial charge is 0.504 e. The number of carbonyl (C=O) groups is 1. The smallest absolute Gasteiger partial charge is 0.319 e. The predicted octanol–water partition coefficient (Wildman–Crippen LogP) is 0.112. The third-order valence-electron chi connectivity index (χ3n) is 2.90. The summed E-state index contributed by atoms with van der Waals surface area (Å²) in [5, 5.41) is 32.5. The van der Waals surface area contributed by atoms with Crippen LogP contribution in [-0.4, -0.2) is 47.3 Å². The summed E-state index contributed by atoms with van der Waals surface area (Å²) in [5.74, 6) is -1.91. The Hall–Kier alpha value is -2.16. The lowest BCUT2D eigenvalue weighted by atomic mass is 10.2. The molecule has 110 valence electrons. The number of benzene rings is 1. The molecule has 1 atom stereocenters. The van der Waals surface area contributed by atoms with E-state index in [1.165, 1.54) is 0 Å². The molecule has 0 bridgehead atoms. The van der Waals surface area contributed by atoms with Crippen LogP contribution in [0.5, 0.6) is 17.2 Å². The average molecular weight is 302 g/mol. The van der Waals surface area contributed by atoms with Gasteiger partial charge in [-0.1, -0.05) is 0 Å². The van der Waals surface area contributed by atoms with E-state index in [-0.39, 0.29) is 17.2 Å². The first-order chi connectivity index (χ1) is 9.27. The highest BCUT2D eigenvalue weighted by atomic mass is 32.2. The molecule has 2 rings (SSSR count). The summed E-state index contributed by atoms with van der Waals surface area (Å²) in [4.78, 5) is 11.6. The fourth-order valence-electron chi connectivity index (χ4n) is 1.94. The Morgan fingerprint density at radius 3 is 2.30 bits per heavy atom. The number of hydrogen-bond acceptors (Lipinski definition) is 6. The Labute approximate surface area is 115 Å². The van der Waals surface area contributed by atoms with Gasteiger partial charge >= 0.3 is 6.03 Å². The second kappa shape index (κ2) is 5.08. The van der Waals surface area contributed by atoms with Gasteiger partial charge in [0.25, 0.3) is 0 Å². The van der Waals surface area contributed by atoms with Crippen molar-refractivity contribution in [2.24, 2.45) is 0 Å². The highest BCUT2D eigenvalue weighted by Crippen LogP contribution is 2.37. The van der Waals surface area contributed by atoms with Crippen LogP contribution in [0.25, 0.3) is 0 Å². The molecule has 1 saturated heterocycles. The Morgan fingerprint density at radius 2 is 1.80 bits per heavy atom.